The molecule has 114 valence electrons. The summed E-state index contributed by atoms with van der Waals surface area (Å²) in [4.78, 5) is 23.5. The van der Waals surface area contributed by atoms with Crippen LogP contribution < -0.4 is 5.32 Å². The maximum atomic E-state index is 12.4. The van der Waals surface area contributed by atoms with Gasteiger partial charge in [-0.05, 0) is 38.0 Å². The Balaban J connectivity index is 2.18. The van der Waals surface area contributed by atoms with Crippen LogP contribution in [0.1, 0.15) is 31.1 Å². The summed E-state index contributed by atoms with van der Waals surface area (Å²) in [6.45, 7) is 5.83. The summed E-state index contributed by atoms with van der Waals surface area (Å²) < 4.78 is 6.27. The van der Waals surface area contributed by atoms with Crippen molar-refractivity contribution in [1.29, 1.82) is 0 Å². The zero-order valence-corrected chi connectivity index (χ0v) is 13.7. The van der Waals surface area contributed by atoms with Gasteiger partial charge < -0.3 is 15.2 Å². The maximum Gasteiger partial charge on any atom is 0.335 e. The van der Waals surface area contributed by atoms with Gasteiger partial charge in [0.1, 0.15) is 0 Å². The molecule has 0 saturated carbocycles. The van der Waals surface area contributed by atoms with Crippen molar-refractivity contribution in [2.75, 3.05) is 5.32 Å². The van der Waals surface area contributed by atoms with E-state index in [0.717, 1.165) is 0 Å². The zero-order valence-electron chi connectivity index (χ0n) is 12.1. The van der Waals surface area contributed by atoms with Crippen molar-refractivity contribution in [1.82, 2.24) is 0 Å². The first-order chi connectivity index (χ1) is 9.79. The highest BCUT2D eigenvalue weighted by molar-refractivity contribution is 9.10. The Labute approximate surface area is 131 Å². The summed E-state index contributed by atoms with van der Waals surface area (Å²) in [7, 11) is 0. The molecular formula is C15H18BrNO4. The highest BCUT2D eigenvalue weighted by Gasteiger charge is 2.41. The maximum absolute atomic E-state index is 12.4. The van der Waals surface area contributed by atoms with Gasteiger partial charge >= 0.3 is 5.97 Å². The summed E-state index contributed by atoms with van der Waals surface area (Å²) in [6.07, 6.45) is -0.117. The molecule has 4 atom stereocenters. The van der Waals surface area contributed by atoms with Crippen molar-refractivity contribution in [3.8, 4) is 0 Å². The quantitative estimate of drug-likeness (QED) is 0.873. The molecule has 4 unspecified atom stereocenters. The molecule has 6 heteroatoms. The van der Waals surface area contributed by atoms with E-state index in [1.165, 1.54) is 12.1 Å². The fraction of sp³-hybridized carbons (Fsp3) is 0.467. The van der Waals surface area contributed by atoms with E-state index >= 15 is 0 Å². The SMILES string of the molecule is CC1OC(C)C(C(=O)Nc2cc(Br)cc(C(=O)O)c2)C1C. The summed E-state index contributed by atoms with van der Waals surface area (Å²) >= 11 is 3.25. The second kappa shape index (κ2) is 6.15. The van der Waals surface area contributed by atoms with Crippen LogP contribution in [0.5, 0.6) is 0 Å². The molecule has 1 aromatic rings. The summed E-state index contributed by atoms with van der Waals surface area (Å²) in [5, 5.41) is 11.8. The Hall–Kier alpha value is -1.40. The molecule has 1 saturated heterocycles. The topological polar surface area (TPSA) is 75.6 Å². The highest BCUT2D eigenvalue weighted by Crippen LogP contribution is 2.33. The van der Waals surface area contributed by atoms with Crippen LogP contribution in [0.15, 0.2) is 22.7 Å². The molecule has 1 aliphatic heterocycles. The van der Waals surface area contributed by atoms with Crippen molar-refractivity contribution >= 4 is 33.5 Å². The molecule has 0 radical (unpaired) electrons. The third kappa shape index (κ3) is 3.44. The molecule has 2 N–H and O–H groups in total. The first-order valence-corrected chi connectivity index (χ1v) is 7.59. The van der Waals surface area contributed by atoms with Gasteiger partial charge in [0.15, 0.2) is 0 Å². The average molecular weight is 356 g/mol. The number of carbonyl (C=O) groups is 2. The van der Waals surface area contributed by atoms with E-state index in [-0.39, 0.29) is 35.5 Å². The van der Waals surface area contributed by atoms with Crippen LogP contribution in [0.25, 0.3) is 0 Å². The first-order valence-electron chi connectivity index (χ1n) is 6.80. The van der Waals surface area contributed by atoms with E-state index in [0.29, 0.717) is 10.2 Å². The number of hydrogen-bond acceptors (Lipinski definition) is 3. The molecule has 1 amide bonds. The molecule has 1 aromatic carbocycles. The van der Waals surface area contributed by atoms with Crippen LogP contribution in [0.3, 0.4) is 0 Å². The van der Waals surface area contributed by atoms with Crippen LogP contribution in [0.4, 0.5) is 5.69 Å². The van der Waals surface area contributed by atoms with Gasteiger partial charge in [0, 0.05) is 10.2 Å². The van der Waals surface area contributed by atoms with Crippen LogP contribution in [0.2, 0.25) is 0 Å². The highest BCUT2D eigenvalue weighted by atomic mass is 79.9. The van der Waals surface area contributed by atoms with Gasteiger partial charge in [0.2, 0.25) is 5.91 Å². The lowest BCUT2D eigenvalue weighted by Crippen LogP contribution is -2.32. The molecule has 0 aromatic heterocycles. The third-order valence-corrected chi connectivity index (χ3v) is 4.41. The van der Waals surface area contributed by atoms with E-state index in [9.17, 15) is 9.59 Å². The Bertz CT molecular complexity index is 575. The number of aromatic carboxylic acids is 1. The summed E-state index contributed by atoms with van der Waals surface area (Å²) in [5.41, 5.74) is 0.586. The third-order valence-electron chi connectivity index (χ3n) is 3.96. The average Bonchev–Trinajstić information content (AvgIpc) is 2.62. The number of anilines is 1. The molecule has 2 rings (SSSR count). The molecule has 21 heavy (non-hydrogen) atoms. The smallest absolute Gasteiger partial charge is 0.335 e. The molecule has 0 spiro atoms. The zero-order chi connectivity index (χ0) is 15.7. The summed E-state index contributed by atoms with van der Waals surface area (Å²) in [6, 6.07) is 4.61. The number of carbonyl (C=O) groups excluding carboxylic acids is 1. The lowest BCUT2D eigenvalue weighted by atomic mass is 9.89. The minimum absolute atomic E-state index is 0.0350. The van der Waals surface area contributed by atoms with Crippen LogP contribution in [-0.4, -0.2) is 29.2 Å². The molecular weight excluding hydrogens is 338 g/mol. The first kappa shape index (κ1) is 16.0. The Morgan fingerprint density at radius 1 is 1.19 bits per heavy atom. The molecule has 1 fully saturated rings. The number of ether oxygens (including phenoxy) is 1. The fourth-order valence-corrected chi connectivity index (χ4v) is 3.22. The van der Waals surface area contributed by atoms with Gasteiger partial charge in [-0.15, -0.1) is 0 Å². The minimum Gasteiger partial charge on any atom is -0.478 e. The second-order valence-electron chi connectivity index (χ2n) is 5.45. The predicted octanol–water partition coefficient (Wildman–Crippen LogP) is 3.15. The summed E-state index contributed by atoms with van der Waals surface area (Å²) in [5.74, 6) is -1.31. The van der Waals surface area contributed by atoms with Crippen LogP contribution >= 0.6 is 15.9 Å². The lowest BCUT2D eigenvalue weighted by molar-refractivity contribution is -0.121. The Morgan fingerprint density at radius 3 is 2.38 bits per heavy atom. The van der Waals surface area contributed by atoms with Crippen molar-refractivity contribution in [3.63, 3.8) is 0 Å². The fourth-order valence-electron chi connectivity index (χ4n) is 2.73. The van der Waals surface area contributed by atoms with Crippen molar-refractivity contribution in [3.05, 3.63) is 28.2 Å². The number of carboxylic acid groups (broad SMARTS) is 1. The van der Waals surface area contributed by atoms with E-state index in [1.807, 2.05) is 20.8 Å². The molecule has 1 aliphatic rings. The Kier molecular flexibility index (Phi) is 4.68. The number of carboxylic acids is 1. The number of hydrogen-bond donors (Lipinski definition) is 2. The Morgan fingerprint density at radius 2 is 1.86 bits per heavy atom. The van der Waals surface area contributed by atoms with Gasteiger partial charge in [-0.1, -0.05) is 22.9 Å². The van der Waals surface area contributed by atoms with Crippen LogP contribution in [-0.2, 0) is 9.53 Å². The monoisotopic (exact) mass is 355 g/mol. The van der Waals surface area contributed by atoms with Crippen molar-refractivity contribution in [2.24, 2.45) is 11.8 Å². The lowest BCUT2D eigenvalue weighted by Gasteiger charge is -2.18. The predicted molar refractivity (Wildman–Crippen MR) is 82.4 cm³/mol. The van der Waals surface area contributed by atoms with Gasteiger partial charge in [-0.2, -0.15) is 0 Å². The van der Waals surface area contributed by atoms with Crippen molar-refractivity contribution in [2.45, 2.75) is 33.0 Å². The van der Waals surface area contributed by atoms with E-state index in [2.05, 4.69) is 21.2 Å². The van der Waals surface area contributed by atoms with Gasteiger partial charge in [0.25, 0.3) is 0 Å². The largest absolute Gasteiger partial charge is 0.478 e. The molecule has 5 nitrogen and oxygen atoms in total. The minimum atomic E-state index is -1.04. The number of nitrogens with one attached hydrogen (secondary N) is 1. The second-order valence-corrected chi connectivity index (χ2v) is 6.37. The van der Waals surface area contributed by atoms with Gasteiger partial charge in [-0.25, -0.2) is 4.79 Å². The number of rotatable bonds is 3. The van der Waals surface area contributed by atoms with Crippen molar-refractivity contribution < 1.29 is 19.4 Å². The van der Waals surface area contributed by atoms with Crippen LogP contribution in [0, 0.1) is 11.8 Å². The molecule has 1 heterocycles. The molecule has 0 bridgehead atoms. The number of benzene rings is 1. The van der Waals surface area contributed by atoms with Gasteiger partial charge in [-0.3, -0.25) is 4.79 Å². The van der Waals surface area contributed by atoms with Gasteiger partial charge in [0.05, 0.1) is 23.7 Å². The van der Waals surface area contributed by atoms with E-state index in [4.69, 9.17) is 9.84 Å². The normalized spacial score (nSPS) is 28.4. The number of amides is 1. The number of halogens is 1. The molecule has 0 aliphatic carbocycles. The van der Waals surface area contributed by atoms with E-state index in [1.54, 1.807) is 6.07 Å². The van der Waals surface area contributed by atoms with E-state index < -0.39 is 5.97 Å². The standard InChI is InChI=1S/C15H18BrNO4/c1-7-8(2)21-9(3)13(7)14(18)17-12-5-10(15(19)20)4-11(16)6-12/h4-9,13H,1-3H3,(H,17,18)(H,19,20).